The molecule has 1 aromatic carbocycles. The Morgan fingerprint density at radius 1 is 1.19 bits per heavy atom. The predicted octanol–water partition coefficient (Wildman–Crippen LogP) is 4.10. The van der Waals surface area contributed by atoms with E-state index in [1.807, 2.05) is 0 Å². The first kappa shape index (κ1) is 8.86. The molecule has 4 rings (SSSR count). The van der Waals surface area contributed by atoms with Gasteiger partial charge in [0.15, 0.2) is 0 Å². The fraction of sp³-hybridized carbons (Fsp3) is 0.467. The number of aromatic nitrogens is 1. The van der Waals surface area contributed by atoms with Crippen LogP contribution in [0.2, 0.25) is 0 Å². The van der Waals surface area contributed by atoms with E-state index in [1.54, 1.807) is 0 Å². The maximum absolute atomic E-state index is 3.62. The van der Waals surface area contributed by atoms with Gasteiger partial charge in [-0.15, -0.1) is 0 Å². The Balaban J connectivity index is 1.84. The van der Waals surface area contributed by atoms with Crippen molar-refractivity contribution < 1.29 is 0 Å². The molecule has 2 aromatic rings. The van der Waals surface area contributed by atoms with Crippen molar-refractivity contribution in [3.05, 3.63) is 35.5 Å². The molecule has 0 atom stereocenters. The lowest BCUT2D eigenvalue weighted by Gasteiger charge is -2.02. The van der Waals surface area contributed by atoms with Gasteiger partial charge >= 0.3 is 0 Å². The summed E-state index contributed by atoms with van der Waals surface area (Å²) in [7, 11) is 0. The molecule has 2 aliphatic rings. The van der Waals surface area contributed by atoms with E-state index in [0.717, 1.165) is 5.92 Å². The van der Waals surface area contributed by atoms with Crippen molar-refractivity contribution in [2.24, 2.45) is 0 Å². The summed E-state index contributed by atoms with van der Waals surface area (Å²) in [6.07, 6.45) is 5.46. The third-order valence-corrected chi connectivity index (χ3v) is 4.35. The summed E-state index contributed by atoms with van der Waals surface area (Å²) in [5.74, 6) is 0.854. The number of benzene rings is 1. The Kier molecular flexibility index (Phi) is 1.50. The third-order valence-electron chi connectivity index (χ3n) is 4.35. The average molecular weight is 211 g/mol. The maximum Gasteiger partial charge on any atom is 0.0459 e. The third kappa shape index (κ3) is 1.24. The van der Waals surface area contributed by atoms with Crippen molar-refractivity contribution in [3.8, 4) is 0 Å². The lowest BCUT2D eigenvalue weighted by molar-refractivity contribution is 0.761. The maximum atomic E-state index is 3.62. The second-order valence-electron chi connectivity index (χ2n) is 5.86. The van der Waals surface area contributed by atoms with E-state index in [9.17, 15) is 0 Å². The average Bonchev–Trinajstić information content (AvgIpc) is 3.19. The molecule has 1 heteroatoms. The van der Waals surface area contributed by atoms with Crippen LogP contribution >= 0.6 is 0 Å². The SMILES string of the molecule is CC1(c2cc3ccc(C4CC4)cc3[nH]2)CC1. The van der Waals surface area contributed by atoms with Gasteiger partial charge in [-0.1, -0.05) is 19.1 Å². The lowest BCUT2D eigenvalue weighted by atomic mass is 10.1. The number of rotatable bonds is 2. The molecule has 1 aromatic heterocycles. The van der Waals surface area contributed by atoms with Crippen molar-refractivity contribution in [2.75, 3.05) is 0 Å². The van der Waals surface area contributed by atoms with Crippen molar-refractivity contribution in [1.82, 2.24) is 4.98 Å². The van der Waals surface area contributed by atoms with Crippen LogP contribution in [0.15, 0.2) is 24.3 Å². The van der Waals surface area contributed by atoms with Gasteiger partial charge in [-0.05, 0) is 54.7 Å². The fourth-order valence-corrected chi connectivity index (χ4v) is 2.60. The van der Waals surface area contributed by atoms with Gasteiger partial charge in [-0.2, -0.15) is 0 Å². The summed E-state index contributed by atoms with van der Waals surface area (Å²) in [6.45, 7) is 2.36. The van der Waals surface area contributed by atoms with E-state index < -0.39 is 0 Å². The topological polar surface area (TPSA) is 15.8 Å². The monoisotopic (exact) mass is 211 g/mol. The molecule has 0 spiro atoms. The van der Waals surface area contributed by atoms with Gasteiger partial charge in [-0.3, -0.25) is 0 Å². The molecule has 82 valence electrons. The van der Waals surface area contributed by atoms with E-state index in [2.05, 4.69) is 36.2 Å². The van der Waals surface area contributed by atoms with Crippen LogP contribution in [0.1, 0.15) is 49.8 Å². The molecule has 0 amide bonds. The highest BCUT2D eigenvalue weighted by Gasteiger charge is 2.40. The molecule has 2 fully saturated rings. The highest BCUT2D eigenvalue weighted by Crippen LogP contribution is 2.48. The van der Waals surface area contributed by atoms with Crippen LogP contribution in [0.4, 0.5) is 0 Å². The second-order valence-corrected chi connectivity index (χ2v) is 5.86. The van der Waals surface area contributed by atoms with Crippen LogP contribution in [0.5, 0.6) is 0 Å². The number of H-pyrrole nitrogens is 1. The van der Waals surface area contributed by atoms with Gasteiger partial charge < -0.3 is 4.98 Å². The Morgan fingerprint density at radius 2 is 2.00 bits per heavy atom. The number of hydrogen-bond donors (Lipinski definition) is 1. The minimum absolute atomic E-state index is 0.457. The van der Waals surface area contributed by atoms with Crippen LogP contribution in [-0.4, -0.2) is 4.98 Å². The summed E-state index contributed by atoms with van der Waals surface area (Å²) < 4.78 is 0. The first-order chi connectivity index (χ1) is 7.74. The van der Waals surface area contributed by atoms with Gasteiger partial charge in [-0.25, -0.2) is 0 Å². The first-order valence-electron chi connectivity index (χ1n) is 6.38. The largest absolute Gasteiger partial charge is 0.358 e. The molecule has 0 unspecified atom stereocenters. The molecule has 1 heterocycles. The minimum Gasteiger partial charge on any atom is -0.358 e. The molecule has 0 bridgehead atoms. The zero-order valence-corrected chi connectivity index (χ0v) is 9.72. The quantitative estimate of drug-likeness (QED) is 0.769. The summed E-state index contributed by atoms with van der Waals surface area (Å²) in [5, 5.41) is 1.38. The van der Waals surface area contributed by atoms with Crippen molar-refractivity contribution >= 4 is 10.9 Å². The predicted molar refractivity (Wildman–Crippen MR) is 66.9 cm³/mol. The summed E-state index contributed by atoms with van der Waals surface area (Å²) in [4.78, 5) is 3.62. The molecular formula is C15H17N. The van der Waals surface area contributed by atoms with Crippen molar-refractivity contribution in [3.63, 3.8) is 0 Å². The molecule has 1 N–H and O–H groups in total. The normalized spacial score (nSPS) is 22.6. The van der Waals surface area contributed by atoms with Crippen LogP contribution < -0.4 is 0 Å². The second kappa shape index (κ2) is 2.71. The van der Waals surface area contributed by atoms with E-state index in [-0.39, 0.29) is 0 Å². The zero-order valence-electron chi connectivity index (χ0n) is 9.72. The molecule has 0 saturated heterocycles. The lowest BCUT2D eigenvalue weighted by Crippen LogP contribution is -1.98. The van der Waals surface area contributed by atoms with Gasteiger partial charge in [0.05, 0.1) is 0 Å². The van der Waals surface area contributed by atoms with E-state index in [1.165, 1.54) is 47.8 Å². The van der Waals surface area contributed by atoms with Crippen molar-refractivity contribution in [1.29, 1.82) is 0 Å². The molecule has 1 nitrogen and oxygen atoms in total. The molecule has 16 heavy (non-hydrogen) atoms. The smallest absolute Gasteiger partial charge is 0.0459 e. The molecule has 2 aliphatic carbocycles. The Bertz CT molecular complexity index is 556. The van der Waals surface area contributed by atoms with E-state index in [4.69, 9.17) is 0 Å². The molecule has 2 saturated carbocycles. The van der Waals surface area contributed by atoms with E-state index in [0.29, 0.717) is 5.41 Å². The van der Waals surface area contributed by atoms with E-state index >= 15 is 0 Å². The number of hydrogen-bond acceptors (Lipinski definition) is 0. The fourth-order valence-electron chi connectivity index (χ4n) is 2.60. The highest BCUT2D eigenvalue weighted by molar-refractivity contribution is 5.81. The molecular weight excluding hydrogens is 194 g/mol. The van der Waals surface area contributed by atoms with Crippen molar-refractivity contribution in [2.45, 2.75) is 43.9 Å². The van der Waals surface area contributed by atoms with Gasteiger partial charge in [0, 0.05) is 16.6 Å². The number of fused-ring (bicyclic) bond motifs is 1. The van der Waals surface area contributed by atoms with Crippen LogP contribution in [0.3, 0.4) is 0 Å². The Labute approximate surface area is 95.9 Å². The Morgan fingerprint density at radius 3 is 2.69 bits per heavy atom. The Hall–Kier alpha value is -1.24. The zero-order chi connectivity index (χ0) is 10.8. The summed E-state index contributed by atoms with van der Waals surface area (Å²) in [6, 6.07) is 9.31. The first-order valence-corrected chi connectivity index (χ1v) is 6.38. The minimum atomic E-state index is 0.457. The van der Waals surface area contributed by atoms with Gasteiger partial charge in [0.2, 0.25) is 0 Å². The van der Waals surface area contributed by atoms with Gasteiger partial charge in [0.25, 0.3) is 0 Å². The summed E-state index contributed by atoms with van der Waals surface area (Å²) >= 11 is 0. The highest BCUT2D eigenvalue weighted by atomic mass is 14.8. The summed E-state index contributed by atoms with van der Waals surface area (Å²) in [5.41, 5.74) is 4.77. The van der Waals surface area contributed by atoms with Crippen LogP contribution in [0, 0.1) is 0 Å². The van der Waals surface area contributed by atoms with Crippen LogP contribution in [0.25, 0.3) is 10.9 Å². The molecule has 0 radical (unpaired) electrons. The number of aromatic amines is 1. The van der Waals surface area contributed by atoms with Crippen LogP contribution in [-0.2, 0) is 5.41 Å². The number of nitrogens with one attached hydrogen (secondary N) is 1. The molecule has 0 aliphatic heterocycles. The van der Waals surface area contributed by atoms with Gasteiger partial charge in [0.1, 0.15) is 0 Å². The standard InChI is InChI=1S/C15H17N/c1-15(6-7-15)14-9-12-5-4-11(10-2-3-10)8-13(12)16-14/h4-5,8-10,16H,2-3,6-7H2,1H3.